The highest BCUT2D eigenvalue weighted by molar-refractivity contribution is 7.89. The minimum Gasteiger partial charge on any atom is -0.480 e. The van der Waals surface area contributed by atoms with Crippen molar-refractivity contribution in [2.24, 2.45) is 0 Å². The Bertz CT molecular complexity index is 595. The quantitative estimate of drug-likeness (QED) is 0.905. The van der Waals surface area contributed by atoms with Gasteiger partial charge in [-0.3, -0.25) is 4.79 Å². The number of aliphatic carboxylic acids is 1. The zero-order valence-corrected chi connectivity index (χ0v) is 13.0. The molecule has 1 atom stereocenters. The normalized spacial score (nSPS) is 20.3. The molecule has 0 radical (unpaired) electrons. The molecule has 1 N–H and O–H groups in total. The molecule has 1 aliphatic rings. The van der Waals surface area contributed by atoms with E-state index in [1.54, 1.807) is 24.3 Å². The van der Waals surface area contributed by atoms with Gasteiger partial charge in [0.25, 0.3) is 0 Å². The standard InChI is InChI=1S/C15H21NO4S/c1-2-5-12-7-9-13(10-8-12)21(19,20)16-11-4-3-6-14(16)15(17)18/h7-10,14H,2-6,11H2,1H3,(H,17,18)/t14-/m1/s1. The van der Waals surface area contributed by atoms with Gasteiger partial charge in [0.2, 0.25) is 10.0 Å². The Labute approximate surface area is 125 Å². The highest BCUT2D eigenvalue weighted by Gasteiger charge is 2.37. The maximum Gasteiger partial charge on any atom is 0.322 e. The first-order valence-corrected chi connectivity index (χ1v) is 8.74. The van der Waals surface area contributed by atoms with Gasteiger partial charge in [0, 0.05) is 6.54 Å². The number of aryl methyl sites for hydroxylation is 1. The fraction of sp³-hybridized carbons (Fsp3) is 0.533. The lowest BCUT2D eigenvalue weighted by Crippen LogP contribution is -2.47. The molecule has 1 fully saturated rings. The number of piperidine rings is 1. The van der Waals surface area contributed by atoms with Gasteiger partial charge in [0.15, 0.2) is 0 Å². The molecule has 0 saturated carbocycles. The van der Waals surface area contributed by atoms with Gasteiger partial charge in [-0.2, -0.15) is 4.31 Å². The summed E-state index contributed by atoms with van der Waals surface area (Å²) in [6.45, 7) is 2.34. The Morgan fingerprint density at radius 2 is 1.95 bits per heavy atom. The van der Waals surface area contributed by atoms with Gasteiger partial charge < -0.3 is 5.11 Å². The van der Waals surface area contributed by atoms with Gasteiger partial charge in [-0.1, -0.05) is 25.5 Å². The van der Waals surface area contributed by atoms with Crippen LogP contribution >= 0.6 is 0 Å². The van der Waals surface area contributed by atoms with E-state index >= 15 is 0 Å². The van der Waals surface area contributed by atoms with Crippen LogP contribution in [0, 0.1) is 0 Å². The Hall–Kier alpha value is -1.40. The van der Waals surface area contributed by atoms with Crippen LogP contribution in [0.2, 0.25) is 0 Å². The molecule has 2 rings (SSSR count). The van der Waals surface area contributed by atoms with Crippen LogP contribution in [0.25, 0.3) is 0 Å². The average molecular weight is 311 g/mol. The number of nitrogens with zero attached hydrogens (tertiary/aromatic N) is 1. The molecule has 1 heterocycles. The molecule has 1 aliphatic heterocycles. The van der Waals surface area contributed by atoms with Gasteiger partial charge in [0.1, 0.15) is 6.04 Å². The molecule has 0 amide bonds. The number of hydrogen-bond acceptors (Lipinski definition) is 3. The van der Waals surface area contributed by atoms with Gasteiger partial charge in [0.05, 0.1) is 4.90 Å². The van der Waals surface area contributed by atoms with Crippen molar-refractivity contribution in [1.82, 2.24) is 4.31 Å². The number of carboxylic acid groups (broad SMARTS) is 1. The number of rotatable bonds is 5. The summed E-state index contributed by atoms with van der Waals surface area (Å²) in [6.07, 6.45) is 3.74. The SMILES string of the molecule is CCCc1ccc(S(=O)(=O)N2CCCC[C@@H]2C(=O)O)cc1. The lowest BCUT2D eigenvalue weighted by molar-refractivity contribution is -0.142. The van der Waals surface area contributed by atoms with Crippen LogP contribution in [0.15, 0.2) is 29.2 Å². The molecule has 0 aliphatic carbocycles. The number of sulfonamides is 1. The van der Waals surface area contributed by atoms with E-state index in [-0.39, 0.29) is 11.4 Å². The Morgan fingerprint density at radius 1 is 1.29 bits per heavy atom. The highest BCUT2D eigenvalue weighted by Crippen LogP contribution is 2.25. The predicted molar refractivity (Wildman–Crippen MR) is 79.6 cm³/mol. The summed E-state index contributed by atoms with van der Waals surface area (Å²) in [4.78, 5) is 11.5. The lowest BCUT2D eigenvalue weighted by Gasteiger charge is -2.31. The van der Waals surface area contributed by atoms with Crippen molar-refractivity contribution in [3.05, 3.63) is 29.8 Å². The minimum atomic E-state index is -3.74. The molecule has 1 aromatic carbocycles. The third-order valence-corrected chi connectivity index (χ3v) is 5.73. The van der Waals surface area contributed by atoms with E-state index in [4.69, 9.17) is 0 Å². The van der Waals surface area contributed by atoms with E-state index in [9.17, 15) is 18.3 Å². The molecule has 1 saturated heterocycles. The summed E-state index contributed by atoms with van der Waals surface area (Å²) in [5.41, 5.74) is 1.09. The first kappa shape index (κ1) is 16.0. The molecule has 6 heteroatoms. The van der Waals surface area contributed by atoms with E-state index < -0.39 is 22.0 Å². The third-order valence-electron chi connectivity index (χ3n) is 3.81. The monoisotopic (exact) mass is 311 g/mol. The molecule has 1 aromatic rings. The molecule has 0 unspecified atom stereocenters. The van der Waals surface area contributed by atoms with E-state index in [0.717, 1.165) is 29.1 Å². The Morgan fingerprint density at radius 3 is 2.52 bits per heavy atom. The van der Waals surface area contributed by atoms with Crippen molar-refractivity contribution in [3.63, 3.8) is 0 Å². The summed E-state index contributed by atoms with van der Waals surface area (Å²) in [7, 11) is -3.74. The van der Waals surface area contributed by atoms with E-state index in [0.29, 0.717) is 12.8 Å². The van der Waals surface area contributed by atoms with E-state index in [1.807, 2.05) is 0 Å². The highest BCUT2D eigenvalue weighted by atomic mass is 32.2. The molecule has 21 heavy (non-hydrogen) atoms. The Balaban J connectivity index is 2.29. The first-order chi connectivity index (χ1) is 9.96. The first-order valence-electron chi connectivity index (χ1n) is 7.30. The van der Waals surface area contributed by atoms with Crippen LogP contribution in [0.3, 0.4) is 0 Å². The summed E-state index contributed by atoms with van der Waals surface area (Å²) < 4.78 is 26.4. The summed E-state index contributed by atoms with van der Waals surface area (Å²) in [6, 6.07) is 5.81. The number of benzene rings is 1. The summed E-state index contributed by atoms with van der Waals surface area (Å²) in [5, 5.41) is 9.23. The van der Waals surface area contributed by atoms with Crippen LogP contribution in [-0.2, 0) is 21.2 Å². The van der Waals surface area contributed by atoms with Crippen molar-refractivity contribution in [2.75, 3.05) is 6.54 Å². The van der Waals surface area contributed by atoms with Gasteiger partial charge in [-0.15, -0.1) is 0 Å². The second-order valence-corrected chi connectivity index (χ2v) is 7.25. The summed E-state index contributed by atoms with van der Waals surface area (Å²) >= 11 is 0. The number of hydrogen-bond donors (Lipinski definition) is 1. The maximum absolute atomic E-state index is 12.6. The van der Waals surface area contributed by atoms with E-state index in [1.165, 1.54) is 0 Å². The van der Waals surface area contributed by atoms with Crippen molar-refractivity contribution in [3.8, 4) is 0 Å². The van der Waals surface area contributed by atoms with Gasteiger partial charge >= 0.3 is 5.97 Å². The third kappa shape index (κ3) is 3.44. The van der Waals surface area contributed by atoms with Gasteiger partial charge in [-0.05, 0) is 43.4 Å². The van der Waals surface area contributed by atoms with Gasteiger partial charge in [-0.25, -0.2) is 8.42 Å². The molecule has 0 bridgehead atoms. The largest absolute Gasteiger partial charge is 0.480 e. The smallest absolute Gasteiger partial charge is 0.322 e. The number of carboxylic acids is 1. The van der Waals surface area contributed by atoms with Crippen LogP contribution in [0.4, 0.5) is 0 Å². The second-order valence-electron chi connectivity index (χ2n) is 5.36. The second kappa shape index (κ2) is 6.58. The molecule has 0 spiro atoms. The van der Waals surface area contributed by atoms with Crippen molar-refractivity contribution < 1.29 is 18.3 Å². The zero-order chi connectivity index (χ0) is 15.5. The fourth-order valence-electron chi connectivity index (χ4n) is 2.69. The van der Waals surface area contributed by atoms with Crippen LogP contribution in [0.1, 0.15) is 38.2 Å². The molecule has 116 valence electrons. The zero-order valence-electron chi connectivity index (χ0n) is 12.2. The predicted octanol–water partition coefficient (Wildman–Crippen LogP) is 2.27. The van der Waals surface area contributed by atoms with Crippen LogP contribution in [-0.4, -0.2) is 36.4 Å². The maximum atomic E-state index is 12.6. The average Bonchev–Trinajstić information content (AvgIpc) is 2.48. The fourth-order valence-corrected chi connectivity index (χ4v) is 4.34. The molecular formula is C15H21NO4S. The Kier molecular flexibility index (Phi) is 5.00. The van der Waals surface area contributed by atoms with E-state index in [2.05, 4.69) is 6.92 Å². The van der Waals surface area contributed by atoms with Crippen molar-refractivity contribution >= 4 is 16.0 Å². The van der Waals surface area contributed by atoms with Crippen LogP contribution < -0.4 is 0 Å². The number of carbonyl (C=O) groups is 1. The minimum absolute atomic E-state index is 0.176. The van der Waals surface area contributed by atoms with Crippen LogP contribution in [0.5, 0.6) is 0 Å². The molecule has 5 nitrogen and oxygen atoms in total. The molecular weight excluding hydrogens is 290 g/mol. The summed E-state index contributed by atoms with van der Waals surface area (Å²) in [5.74, 6) is -1.07. The topological polar surface area (TPSA) is 74.7 Å². The van der Waals surface area contributed by atoms with Crippen molar-refractivity contribution in [2.45, 2.75) is 50.0 Å². The lowest BCUT2D eigenvalue weighted by atomic mass is 10.1. The molecule has 0 aromatic heterocycles. The van der Waals surface area contributed by atoms with Crippen molar-refractivity contribution in [1.29, 1.82) is 0 Å².